The van der Waals surface area contributed by atoms with Crippen molar-refractivity contribution in [3.63, 3.8) is 0 Å². The lowest BCUT2D eigenvalue weighted by atomic mass is 10.1. The Labute approximate surface area is 154 Å². The van der Waals surface area contributed by atoms with Gasteiger partial charge in [-0.3, -0.25) is 9.89 Å². The summed E-state index contributed by atoms with van der Waals surface area (Å²) in [6.45, 7) is 12.5. The number of rotatable bonds is 9. The average molecular weight is 348 g/mol. The van der Waals surface area contributed by atoms with E-state index in [0.29, 0.717) is 6.04 Å². The first kappa shape index (κ1) is 21.5. The summed E-state index contributed by atoms with van der Waals surface area (Å²) in [5.74, 6) is 0.869. The van der Waals surface area contributed by atoms with Gasteiger partial charge in [-0.05, 0) is 46.7 Å². The molecule has 0 radical (unpaired) electrons. The number of nitrogens with one attached hydrogen (secondary N) is 3. The molecule has 0 aromatic heterocycles. The fourth-order valence-electron chi connectivity index (χ4n) is 2.49. The van der Waals surface area contributed by atoms with E-state index in [9.17, 15) is 0 Å². The van der Waals surface area contributed by atoms with E-state index in [0.717, 1.165) is 38.6 Å². The Hall–Kier alpha value is -1.59. The summed E-state index contributed by atoms with van der Waals surface area (Å²) >= 11 is 0. The maximum Gasteiger partial charge on any atom is 0.191 e. The SMILES string of the molecule is CN=C(NCCNC(C)(C)C)NCCC(C)N(C)Cc1ccccc1. The molecule has 0 saturated carbocycles. The fraction of sp³-hybridized carbons (Fsp3) is 0.650. The normalized spacial score (nSPS) is 13.8. The molecule has 1 unspecified atom stereocenters. The maximum absolute atomic E-state index is 4.28. The molecule has 3 N–H and O–H groups in total. The Kier molecular flexibility index (Phi) is 9.53. The Balaban J connectivity index is 2.22. The fourth-order valence-corrected chi connectivity index (χ4v) is 2.49. The number of nitrogens with zero attached hydrogens (tertiary/aromatic N) is 2. The van der Waals surface area contributed by atoms with Crippen LogP contribution < -0.4 is 16.0 Å². The zero-order valence-electron chi connectivity index (χ0n) is 16.9. The molecule has 5 heteroatoms. The van der Waals surface area contributed by atoms with Gasteiger partial charge in [0.1, 0.15) is 0 Å². The molecule has 25 heavy (non-hydrogen) atoms. The quantitative estimate of drug-likeness (QED) is 0.365. The molecular formula is C20H37N5. The summed E-state index contributed by atoms with van der Waals surface area (Å²) in [7, 11) is 4.00. The minimum absolute atomic E-state index is 0.150. The zero-order chi connectivity index (χ0) is 18.7. The first-order chi connectivity index (χ1) is 11.8. The minimum Gasteiger partial charge on any atom is -0.356 e. The molecule has 0 fully saturated rings. The smallest absolute Gasteiger partial charge is 0.191 e. The predicted octanol–water partition coefficient (Wildman–Crippen LogP) is 2.45. The molecule has 0 heterocycles. The Morgan fingerprint density at radius 3 is 2.32 bits per heavy atom. The first-order valence-corrected chi connectivity index (χ1v) is 9.25. The van der Waals surface area contributed by atoms with E-state index >= 15 is 0 Å². The number of guanidine groups is 1. The van der Waals surface area contributed by atoms with Gasteiger partial charge in [-0.2, -0.15) is 0 Å². The van der Waals surface area contributed by atoms with Crippen molar-refractivity contribution in [3.05, 3.63) is 35.9 Å². The second kappa shape index (κ2) is 11.1. The molecule has 0 saturated heterocycles. The highest BCUT2D eigenvalue weighted by molar-refractivity contribution is 5.79. The van der Waals surface area contributed by atoms with Crippen molar-refractivity contribution in [2.75, 3.05) is 33.7 Å². The van der Waals surface area contributed by atoms with Crippen molar-refractivity contribution in [3.8, 4) is 0 Å². The van der Waals surface area contributed by atoms with Crippen molar-refractivity contribution in [1.82, 2.24) is 20.9 Å². The average Bonchev–Trinajstić information content (AvgIpc) is 2.56. The predicted molar refractivity (Wildman–Crippen MR) is 109 cm³/mol. The van der Waals surface area contributed by atoms with Gasteiger partial charge in [0.2, 0.25) is 0 Å². The van der Waals surface area contributed by atoms with Gasteiger partial charge in [-0.1, -0.05) is 30.3 Å². The Morgan fingerprint density at radius 2 is 1.72 bits per heavy atom. The topological polar surface area (TPSA) is 51.7 Å². The highest BCUT2D eigenvalue weighted by atomic mass is 15.2. The van der Waals surface area contributed by atoms with Gasteiger partial charge in [0.25, 0.3) is 0 Å². The lowest BCUT2D eigenvalue weighted by Crippen LogP contribution is -2.45. The molecule has 1 rings (SSSR count). The largest absolute Gasteiger partial charge is 0.356 e. The van der Waals surface area contributed by atoms with Gasteiger partial charge < -0.3 is 16.0 Å². The molecule has 1 aromatic carbocycles. The molecule has 0 aliphatic heterocycles. The van der Waals surface area contributed by atoms with Crippen molar-refractivity contribution < 1.29 is 0 Å². The van der Waals surface area contributed by atoms with E-state index in [4.69, 9.17) is 0 Å². The van der Waals surface area contributed by atoms with Crippen molar-refractivity contribution in [2.24, 2.45) is 4.99 Å². The summed E-state index contributed by atoms with van der Waals surface area (Å²) < 4.78 is 0. The second-order valence-electron chi connectivity index (χ2n) is 7.64. The van der Waals surface area contributed by atoms with Crippen LogP contribution in [0, 0.1) is 0 Å². The van der Waals surface area contributed by atoms with Gasteiger partial charge in [-0.25, -0.2) is 0 Å². The number of benzene rings is 1. The lowest BCUT2D eigenvalue weighted by molar-refractivity contribution is 0.238. The van der Waals surface area contributed by atoms with Crippen LogP contribution in [0.3, 0.4) is 0 Å². The van der Waals surface area contributed by atoms with Crippen LogP contribution in [-0.4, -0.2) is 56.2 Å². The van der Waals surface area contributed by atoms with Gasteiger partial charge >= 0.3 is 0 Å². The first-order valence-electron chi connectivity index (χ1n) is 9.25. The Morgan fingerprint density at radius 1 is 1.08 bits per heavy atom. The van der Waals surface area contributed by atoms with Gasteiger partial charge in [0.15, 0.2) is 5.96 Å². The number of aliphatic imine (C=N–C) groups is 1. The summed E-state index contributed by atoms with van der Waals surface area (Å²) in [6.07, 6.45) is 1.07. The molecular weight excluding hydrogens is 310 g/mol. The van der Waals surface area contributed by atoms with Crippen molar-refractivity contribution in [1.29, 1.82) is 0 Å². The minimum atomic E-state index is 0.150. The Bertz CT molecular complexity index is 493. The molecule has 1 aromatic rings. The molecule has 142 valence electrons. The second-order valence-corrected chi connectivity index (χ2v) is 7.64. The standard InChI is InChI=1S/C20H37N5/c1-17(25(6)16-18-10-8-7-9-11-18)12-13-22-19(21-5)23-14-15-24-20(2,3)4/h7-11,17,24H,12-16H2,1-6H3,(H2,21,22,23). The van der Waals surface area contributed by atoms with E-state index in [2.05, 4.69) is 90.9 Å². The molecule has 0 bridgehead atoms. The molecule has 0 spiro atoms. The van der Waals surface area contributed by atoms with Gasteiger partial charge in [0.05, 0.1) is 0 Å². The van der Waals surface area contributed by atoms with Crippen LogP contribution in [0.5, 0.6) is 0 Å². The number of hydrogen-bond donors (Lipinski definition) is 3. The lowest BCUT2D eigenvalue weighted by Gasteiger charge is -2.25. The van der Waals surface area contributed by atoms with E-state index in [-0.39, 0.29) is 5.54 Å². The highest BCUT2D eigenvalue weighted by Gasteiger charge is 2.10. The van der Waals surface area contributed by atoms with E-state index in [1.165, 1.54) is 5.56 Å². The van der Waals surface area contributed by atoms with Crippen LogP contribution in [0.2, 0.25) is 0 Å². The van der Waals surface area contributed by atoms with Crippen molar-refractivity contribution in [2.45, 2.75) is 52.2 Å². The summed E-state index contributed by atoms with van der Waals surface area (Å²) in [6, 6.07) is 11.1. The van der Waals surface area contributed by atoms with Gasteiger partial charge in [0, 0.05) is 44.8 Å². The van der Waals surface area contributed by atoms with Crippen LogP contribution in [0.15, 0.2) is 35.3 Å². The summed E-state index contributed by atoms with van der Waals surface area (Å²) in [4.78, 5) is 6.67. The van der Waals surface area contributed by atoms with E-state index in [1.807, 2.05) is 7.05 Å². The third-order valence-electron chi connectivity index (χ3n) is 4.18. The van der Waals surface area contributed by atoms with E-state index in [1.54, 1.807) is 0 Å². The molecule has 1 atom stereocenters. The van der Waals surface area contributed by atoms with Crippen LogP contribution in [0.1, 0.15) is 39.7 Å². The zero-order valence-corrected chi connectivity index (χ0v) is 16.9. The maximum atomic E-state index is 4.28. The number of hydrogen-bond acceptors (Lipinski definition) is 3. The third-order valence-corrected chi connectivity index (χ3v) is 4.18. The summed E-state index contributed by atoms with van der Waals surface area (Å²) in [5.41, 5.74) is 1.51. The van der Waals surface area contributed by atoms with Crippen molar-refractivity contribution >= 4 is 5.96 Å². The highest BCUT2D eigenvalue weighted by Crippen LogP contribution is 2.07. The molecule has 0 aliphatic rings. The molecule has 5 nitrogen and oxygen atoms in total. The van der Waals surface area contributed by atoms with Crippen LogP contribution in [0.25, 0.3) is 0 Å². The van der Waals surface area contributed by atoms with Gasteiger partial charge in [-0.15, -0.1) is 0 Å². The van der Waals surface area contributed by atoms with Crippen LogP contribution in [-0.2, 0) is 6.54 Å². The summed E-state index contributed by atoms with van der Waals surface area (Å²) in [5, 5.41) is 10.2. The van der Waals surface area contributed by atoms with Crippen LogP contribution >= 0.6 is 0 Å². The third kappa shape index (κ3) is 10.1. The molecule has 0 amide bonds. The monoisotopic (exact) mass is 347 g/mol. The molecule has 0 aliphatic carbocycles. The van der Waals surface area contributed by atoms with Crippen LogP contribution in [0.4, 0.5) is 0 Å². The van der Waals surface area contributed by atoms with E-state index < -0.39 is 0 Å².